The van der Waals surface area contributed by atoms with E-state index in [1.807, 2.05) is 11.9 Å². The largest absolute Gasteiger partial charge is 0.392 e. The molecule has 0 radical (unpaired) electrons. The first kappa shape index (κ1) is 13.0. The lowest BCUT2D eigenvalue weighted by atomic mass is 10.2. The van der Waals surface area contributed by atoms with Crippen molar-refractivity contribution in [2.45, 2.75) is 0 Å². The summed E-state index contributed by atoms with van der Waals surface area (Å²) in [6.07, 6.45) is 1.51. The molecule has 0 aromatic carbocycles. The summed E-state index contributed by atoms with van der Waals surface area (Å²) in [5, 5.41) is 11.1. The average molecular weight is 316 g/mol. The van der Waals surface area contributed by atoms with Gasteiger partial charge in [-0.25, -0.2) is 4.98 Å². The Bertz CT molecular complexity index is 474. The molecule has 7 nitrogen and oxygen atoms in total. The van der Waals surface area contributed by atoms with Crippen molar-refractivity contribution in [2.24, 2.45) is 0 Å². The highest BCUT2D eigenvalue weighted by atomic mass is 79.9. The second kappa shape index (κ2) is 5.07. The maximum atomic E-state index is 11.1. The molecule has 0 amide bonds. The third kappa shape index (κ3) is 2.39. The molecule has 1 aromatic heterocycles. The van der Waals surface area contributed by atoms with E-state index in [1.54, 1.807) is 0 Å². The summed E-state index contributed by atoms with van der Waals surface area (Å²) in [6, 6.07) is 0. The number of nitrogen functional groups attached to an aromatic ring is 1. The predicted molar refractivity (Wildman–Crippen MR) is 72.7 cm³/mol. The minimum absolute atomic E-state index is 0.117. The van der Waals surface area contributed by atoms with Crippen LogP contribution in [0.4, 0.5) is 17.2 Å². The van der Waals surface area contributed by atoms with Crippen molar-refractivity contribution >= 4 is 33.1 Å². The van der Waals surface area contributed by atoms with Crippen LogP contribution < -0.4 is 10.6 Å². The van der Waals surface area contributed by atoms with Crippen LogP contribution in [0.2, 0.25) is 0 Å². The van der Waals surface area contributed by atoms with Crippen molar-refractivity contribution in [3.8, 4) is 0 Å². The maximum Gasteiger partial charge on any atom is 0.335 e. The number of piperazine rings is 1. The van der Waals surface area contributed by atoms with Crippen molar-refractivity contribution in [1.29, 1.82) is 0 Å². The lowest BCUT2D eigenvalue weighted by Gasteiger charge is -2.32. The van der Waals surface area contributed by atoms with E-state index in [9.17, 15) is 10.1 Å². The maximum absolute atomic E-state index is 11.1. The topological polar surface area (TPSA) is 88.5 Å². The first-order chi connectivity index (χ1) is 8.50. The molecule has 1 aromatic rings. The molecular formula is C10H14BrN5O2. The van der Waals surface area contributed by atoms with E-state index in [-0.39, 0.29) is 11.4 Å². The summed E-state index contributed by atoms with van der Waals surface area (Å²) < 4.78 is 0.451. The van der Waals surface area contributed by atoms with Gasteiger partial charge in [-0.15, -0.1) is 0 Å². The van der Waals surface area contributed by atoms with Gasteiger partial charge in [0.05, 0.1) is 9.40 Å². The van der Waals surface area contributed by atoms with Crippen LogP contribution in [0.5, 0.6) is 0 Å². The minimum Gasteiger partial charge on any atom is -0.392 e. The zero-order valence-electron chi connectivity index (χ0n) is 9.97. The van der Waals surface area contributed by atoms with Gasteiger partial charge in [0, 0.05) is 32.4 Å². The summed E-state index contributed by atoms with van der Waals surface area (Å²) in [7, 11) is 2.02. The molecule has 8 heteroatoms. The van der Waals surface area contributed by atoms with Crippen LogP contribution >= 0.6 is 15.9 Å². The molecule has 0 aliphatic carbocycles. The summed E-state index contributed by atoms with van der Waals surface area (Å²) in [5.41, 5.74) is 5.76. The normalized spacial score (nSPS) is 16.9. The summed E-state index contributed by atoms with van der Waals surface area (Å²) in [4.78, 5) is 18.9. The van der Waals surface area contributed by atoms with Gasteiger partial charge in [-0.2, -0.15) is 0 Å². The number of nitro groups is 1. The number of rotatable bonds is 2. The molecule has 0 bridgehead atoms. The van der Waals surface area contributed by atoms with Gasteiger partial charge in [0.15, 0.2) is 0 Å². The standard InChI is InChI=1S/C10H14BrN5O2/c1-14-2-4-15(5-3-14)10-9(16(17)18)8(12)7(11)6-13-10/h6H,2-5H2,1H3,(H2,12,13). The molecule has 0 saturated carbocycles. The number of nitrogens with zero attached hydrogens (tertiary/aromatic N) is 4. The number of nitrogens with two attached hydrogens (primary N) is 1. The summed E-state index contributed by atoms with van der Waals surface area (Å²) >= 11 is 3.16. The molecule has 1 aliphatic rings. The van der Waals surface area contributed by atoms with E-state index in [1.165, 1.54) is 6.20 Å². The van der Waals surface area contributed by atoms with E-state index >= 15 is 0 Å². The highest BCUT2D eigenvalue weighted by molar-refractivity contribution is 9.10. The van der Waals surface area contributed by atoms with E-state index in [0.29, 0.717) is 23.4 Å². The second-order valence-corrected chi connectivity index (χ2v) is 5.09. The zero-order chi connectivity index (χ0) is 13.3. The Morgan fingerprint density at radius 3 is 2.61 bits per heavy atom. The second-order valence-electron chi connectivity index (χ2n) is 4.24. The van der Waals surface area contributed by atoms with Crippen molar-refractivity contribution < 1.29 is 4.92 Å². The average Bonchev–Trinajstić information content (AvgIpc) is 2.33. The molecule has 18 heavy (non-hydrogen) atoms. The number of anilines is 2. The number of pyridine rings is 1. The van der Waals surface area contributed by atoms with E-state index in [0.717, 1.165) is 13.1 Å². The molecule has 1 saturated heterocycles. The van der Waals surface area contributed by atoms with Crippen LogP contribution in [0.25, 0.3) is 0 Å². The minimum atomic E-state index is -0.471. The number of aromatic nitrogens is 1. The van der Waals surface area contributed by atoms with Gasteiger partial charge >= 0.3 is 5.69 Å². The van der Waals surface area contributed by atoms with Gasteiger partial charge in [-0.1, -0.05) is 0 Å². The highest BCUT2D eigenvalue weighted by Gasteiger charge is 2.27. The van der Waals surface area contributed by atoms with Crippen LogP contribution in [0.3, 0.4) is 0 Å². The van der Waals surface area contributed by atoms with Gasteiger partial charge in [0.2, 0.25) is 5.82 Å². The fraction of sp³-hybridized carbons (Fsp3) is 0.500. The fourth-order valence-corrected chi connectivity index (χ4v) is 2.20. The summed E-state index contributed by atoms with van der Waals surface area (Å²) in [5.74, 6) is 0.355. The smallest absolute Gasteiger partial charge is 0.335 e. The first-order valence-electron chi connectivity index (χ1n) is 5.52. The van der Waals surface area contributed by atoms with Crippen LogP contribution in [-0.4, -0.2) is 48.0 Å². The van der Waals surface area contributed by atoms with Gasteiger partial charge in [0.1, 0.15) is 5.69 Å². The van der Waals surface area contributed by atoms with Crippen molar-refractivity contribution in [3.05, 3.63) is 20.8 Å². The molecule has 2 N–H and O–H groups in total. The lowest BCUT2D eigenvalue weighted by Crippen LogP contribution is -2.45. The molecular weight excluding hydrogens is 302 g/mol. The summed E-state index contributed by atoms with van der Waals surface area (Å²) in [6.45, 7) is 3.14. The van der Waals surface area contributed by atoms with E-state index < -0.39 is 4.92 Å². The van der Waals surface area contributed by atoms with Gasteiger partial charge < -0.3 is 15.5 Å². The number of likely N-dealkylation sites (N-methyl/N-ethyl adjacent to an activating group) is 1. The third-order valence-corrected chi connectivity index (χ3v) is 3.64. The predicted octanol–water partition coefficient (Wildman–Crippen LogP) is 1.09. The van der Waals surface area contributed by atoms with Gasteiger partial charge in [-0.05, 0) is 23.0 Å². The Morgan fingerprint density at radius 2 is 2.06 bits per heavy atom. The molecule has 1 aliphatic heterocycles. The van der Waals surface area contributed by atoms with Gasteiger partial charge in [0.25, 0.3) is 0 Å². The highest BCUT2D eigenvalue weighted by Crippen LogP contribution is 2.36. The molecule has 0 spiro atoms. The van der Waals surface area contributed by atoms with Crippen LogP contribution in [0.15, 0.2) is 10.7 Å². The molecule has 0 unspecified atom stereocenters. The fourth-order valence-electron chi connectivity index (χ4n) is 1.91. The monoisotopic (exact) mass is 315 g/mol. The SMILES string of the molecule is CN1CCN(c2ncc(Br)c(N)c2[N+](=O)[O-])CC1. The molecule has 1 fully saturated rings. The number of hydrogen-bond donors (Lipinski definition) is 1. The Morgan fingerprint density at radius 1 is 1.44 bits per heavy atom. The Kier molecular flexibility index (Phi) is 3.67. The Labute approximate surface area is 113 Å². The zero-order valence-corrected chi connectivity index (χ0v) is 11.6. The Hall–Kier alpha value is -1.41. The van der Waals surface area contributed by atoms with E-state index in [2.05, 4.69) is 25.8 Å². The number of hydrogen-bond acceptors (Lipinski definition) is 6. The van der Waals surface area contributed by atoms with Crippen LogP contribution in [-0.2, 0) is 0 Å². The van der Waals surface area contributed by atoms with Gasteiger partial charge in [-0.3, -0.25) is 10.1 Å². The molecule has 2 heterocycles. The van der Waals surface area contributed by atoms with E-state index in [4.69, 9.17) is 5.73 Å². The third-order valence-electron chi connectivity index (χ3n) is 3.01. The molecule has 2 rings (SSSR count). The van der Waals surface area contributed by atoms with Crippen molar-refractivity contribution in [2.75, 3.05) is 43.9 Å². The number of halogens is 1. The molecule has 0 atom stereocenters. The lowest BCUT2D eigenvalue weighted by molar-refractivity contribution is -0.383. The van der Waals surface area contributed by atoms with Crippen LogP contribution in [0.1, 0.15) is 0 Å². The van der Waals surface area contributed by atoms with Crippen LogP contribution in [0, 0.1) is 10.1 Å². The quantitative estimate of drug-likeness (QED) is 0.649. The molecule has 98 valence electrons. The Balaban J connectivity index is 2.38. The first-order valence-corrected chi connectivity index (χ1v) is 6.32. The van der Waals surface area contributed by atoms with Crippen molar-refractivity contribution in [3.63, 3.8) is 0 Å². The van der Waals surface area contributed by atoms with Crippen molar-refractivity contribution in [1.82, 2.24) is 9.88 Å².